The Morgan fingerprint density at radius 3 is 2.61 bits per heavy atom. The number of carbonyl (C=O) groups excluding carboxylic acids is 1. The molecule has 1 amide bonds. The van der Waals surface area contributed by atoms with Crippen LogP contribution in [0.25, 0.3) is 11.3 Å². The lowest BCUT2D eigenvalue weighted by molar-refractivity contribution is -0.121. The van der Waals surface area contributed by atoms with Gasteiger partial charge in [-0.25, -0.2) is 9.48 Å². The molecule has 0 bridgehead atoms. The third-order valence-corrected chi connectivity index (χ3v) is 3.58. The van der Waals surface area contributed by atoms with Gasteiger partial charge in [-0.2, -0.15) is 0 Å². The maximum atomic E-state index is 11.9. The zero-order valence-corrected chi connectivity index (χ0v) is 13.5. The molecule has 0 saturated carbocycles. The minimum Gasteiger partial charge on any atom is -0.476 e. The van der Waals surface area contributed by atoms with Crippen molar-refractivity contribution < 1.29 is 14.7 Å². The molecule has 2 rings (SSSR count). The van der Waals surface area contributed by atoms with Crippen LogP contribution in [-0.4, -0.2) is 38.5 Å². The number of nitrogens with one attached hydrogen (secondary N) is 1. The van der Waals surface area contributed by atoms with E-state index < -0.39 is 5.97 Å². The fourth-order valence-corrected chi connectivity index (χ4v) is 2.20. The molecule has 1 aromatic carbocycles. The number of amides is 1. The lowest BCUT2D eigenvalue weighted by Crippen LogP contribution is -2.28. The van der Waals surface area contributed by atoms with Gasteiger partial charge < -0.3 is 10.4 Å². The molecule has 122 valence electrons. The van der Waals surface area contributed by atoms with Gasteiger partial charge >= 0.3 is 5.97 Å². The van der Waals surface area contributed by atoms with Crippen LogP contribution in [0, 0.1) is 13.8 Å². The number of hydrogen-bond acceptors (Lipinski definition) is 4. The molecule has 7 heteroatoms. The van der Waals surface area contributed by atoms with Crippen molar-refractivity contribution in [2.24, 2.45) is 0 Å². The molecular formula is C16H20N4O3. The summed E-state index contributed by atoms with van der Waals surface area (Å²) in [6.07, 6.45) is 0.827. The summed E-state index contributed by atoms with van der Waals surface area (Å²) in [4.78, 5) is 23.3. The van der Waals surface area contributed by atoms with Crippen molar-refractivity contribution >= 4 is 11.9 Å². The molecule has 0 radical (unpaired) electrons. The average Bonchev–Trinajstić information content (AvgIpc) is 2.91. The molecule has 0 unspecified atom stereocenters. The van der Waals surface area contributed by atoms with E-state index in [1.807, 2.05) is 39.0 Å². The fraction of sp³-hybridized carbons (Fsp3) is 0.375. The van der Waals surface area contributed by atoms with Crippen molar-refractivity contribution in [3.63, 3.8) is 0 Å². The summed E-state index contributed by atoms with van der Waals surface area (Å²) in [5.41, 5.74) is 3.00. The van der Waals surface area contributed by atoms with Crippen molar-refractivity contribution in [3.05, 3.63) is 35.0 Å². The highest BCUT2D eigenvalue weighted by Gasteiger charge is 2.22. The summed E-state index contributed by atoms with van der Waals surface area (Å²) in [6.45, 7) is 6.38. The third-order valence-electron chi connectivity index (χ3n) is 3.58. The van der Waals surface area contributed by atoms with Crippen LogP contribution in [0.1, 0.15) is 35.0 Å². The number of carboxylic acid groups (broad SMARTS) is 1. The van der Waals surface area contributed by atoms with E-state index in [4.69, 9.17) is 0 Å². The Hall–Kier alpha value is -2.70. The monoisotopic (exact) mass is 316 g/mol. The molecule has 1 heterocycles. The molecule has 1 aromatic heterocycles. The normalized spacial score (nSPS) is 10.6. The van der Waals surface area contributed by atoms with Gasteiger partial charge in [-0.1, -0.05) is 24.3 Å². The number of carbonyl (C=O) groups is 2. The van der Waals surface area contributed by atoms with Crippen molar-refractivity contribution in [3.8, 4) is 11.3 Å². The highest BCUT2D eigenvalue weighted by molar-refractivity contribution is 5.93. The first kappa shape index (κ1) is 16.7. The van der Waals surface area contributed by atoms with Gasteiger partial charge in [-0.05, 0) is 37.5 Å². The summed E-state index contributed by atoms with van der Waals surface area (Å²) < 4.78 is 1.33. The Morgan fingerprint density at radius 1 is 1.26 bits per heavy atom. The molecule has 2 N–H and O–H groups in total. The highest BCUT2D eigenvalue weighted by Crippen LogP contribution is 2.24. The van der Waals surface area contributed by atoms with Crippen molar-refractivity contribution in [2.75, 3.05) is 6.54 Å². The molecule has 0 fully saturated rings. The topological polar surface area (TPSA) is 97.1 Å². The lowest BCUT2D eigenvalue weighted by Gasteiger charge is -2.09. The number of hydrogen-bond donors (Lipinski definition) is 2. The number of nitrogens with zero attached hydrogens (tertiary/aromatic N) is 3. The maximum Gasteiger partial charge on any atom is 0.358 e. The van der Waals surface area contributed by atoms with E-state index in [9.17, 15) is 14.7 Å². The van der Waals surface area contributed by atoms with Gasteiger partial charge in [-0.3, -0.25) is 4.79 Å². The largest absolute Gasteiger partial charge is 0.476 e. The molecular weight excluding hydrogens is 296 g/mol. The molecule has 0 aliphatic carbocycles. The summed E-state index contributed by atoms with van der Waals surface area (Å²) >= 11 is 0. The van der Waals surface area contributed by atoms with Crippen LogP contribution in [0.15, 0.2) is 18.2 Å². The predicted molar refractivity (Wildman–Crippen MR) is 85.2 cm³/mol. The molecule has 0 spiro atoms. The number of aromatic carboxylic acids is 1. The second-order valence-corrected chi connectivity index (χ2v) is 5.40. The first-order valence-electron chi connectivity index (χ1n) is 7.45. The Bertz CT molecular complexity index is 737. The van der Waals surface area contributed by atoms with Crippen LogP contribution in [0.2, 0.25) is 0 Å². The molecule has 23 heavy (non-hydrogen) atoms. The van der Waals surface area contributed by atoms with E-state index in [1.54, 1.807) is 0 Å². The van der Waals surface area contributed by atoms with Crippen LogP contribution in [0.4, 0.5) is 0 Å². The third kappa shape index (κ3) is 3.74. The van der Waals surface area contributed by atoms with Gasteiger partial charge in [0.15, 0.2) is 5.69 Å². The first-order valence-corrected chi connectivity index (χ1v) is 7.45. The second kappa shape index (κ2) is 7.04. The van der Waals surface area contributed by atoms with Crippen LogP contribution < -0.4 is 5.32 Å². The Balaban J connectivity index is 2.42. The van der Waals surface area contributed by atoms with Gasteiger partial charge in [0.2, 0.25) is 5.91 Å². The molecule has 7 nitrogen and oxygen atoms in total. The van der Waals surface area contributed by atoms with Crippen LogP contribution in [0.3, 0.4) is 0 Å². The van der Waals surface area contributed by atoms with E-state index in [2.05, 4.69) is 15.6 Å². The average molecular weight is 316 g/mol. The van der Waals surface area contributed by atoms with Crippen LogP contribution in [-0.2, 0) is 11.3 Å². The lowest BCUT2D eigenvalue weighted by atomic mass is 10.0. The van der Waals surface area contributed by atoms with Gasteiger partial charge in [-0.15, -0.1) is 5.10 Å². The minimum absolute atomic E-state index is 0.0669. The quantitative estimate of drug-likeness (QED) is 0.846. The van der Waals surface area contributed by atoms with E-state index in [1.165, 1.54) is 4.68 Å². The van der Waals surface area contributed by atoms with E-state index in [0.29, 0.717) is 17.8 Å². The van der Waals surface area contributed by atoms with E-state index in [-0.39, 0.29) is 18.1 Å². The van der Waals surface area contributed by atoms with Crippen molar-refractivity contribution in [1.29, 1.82) is 0 Å². The standard InChI is InChI=1S/C16H20N4O3/c1-4-7-17-13(21)9-20-15(14(16(22)23)18-19-20)12-6-5-10(2)11(3)8-12/h5-6,8H,4,7,9H2,1-3H3,(H,17,21)(H,22,23). The number of benzene rings is 1. The summed E-state index contributed by atoms with van der Waals surface area (Å²) in [5, 5.41) is 19.6. The van der Waals surface area contributed by atoms with E-state index in [0.717, 1.165) is 17.5 Å². The van der Waals surface area contributed by atoms with E-state index >= 15 is 0 Å². The van der Waals surface area contributed by atoms with Crippen LogP contribution in [0.5, 0.6) is 0 Å². The Kier molecular flexibility index (Phi) is 5.10. The molecule has 0 aliphatic heterocycles. The van der Waals surface area contributed by atoms with Gasteiger partial charge in [0.05, 0.1) is 0 Å². The molecule has 0 saturated heterocycles. The first-order chi connectivity index (χ1) is 10.9. The summed E-state index contributed by atoms with van der Waals surface area (Å²) in [5.74, 6) is -1.39. The second-order valence-electron chi connectivity index (χ2n) is 5.40. The van der Waals surface area contributed by atoms with Gasteiger partial charge in [0, 0.05) is 12.1 Å². The van der Waals surface area contributed by atoms with Gasteiger partial charge in [0.25, 0.3) is 0 Å². The molecule has 0 aliphatic rings. The predicted octanol–water partition coefficient (Wildman–Crippen LogP) is 1.79. The zero-order chi connectivity index (χ0) is 17.0. The number of carboxylic acids is 1. The Morgan fingerprint density at radius 2 is 2.00 bits per heavy atom. The SMILES string of the molecule is CCCNC(=O)Cn1nnc(C(=O)O)c1-c1ccc(C)c(C)c1. The van der Waals surface area contributed by atoms with Crippen molar-refractivity contribution in [1.82, 2.24) is 20.3 Å². The smallest absolute Gasteiger partial charge is 0.358 e. The zero-order valence-electron chi connectivity index (χ0n) is 13.5. The number of aryl methyl sites for hydroxylation is 2. The van der Waals surface area contributed by atoms with Gasteiger partial charge in [0.1, 0.15) is 12.2 Å². The summed E-state index contributed by atoms with van der Waals surface area (Å²) in [7, 11) is 0. The molecule has 0 atom stereocenters. The molecule has 2 aromatic rings. The van der Waals surface area contributed by atoms with Crippen molar-refractivity contribution in [2.45, 2.75) is 33.7 Å². The highest BCUT2D eigenvalue weighted by atomic mass is 16.4. The Labute approximate surface area is 134 Å². The minimum atomic E-state index is -1.17. The number of aromatic nitrogens is 3. The summed E-state index contributed by atoms with van der Waals surface area (Å²) in [6, 6.07) is 5.60. The maximum absolute atomic E-state index is 11.9. The fourth-order valence-electron chi connectivity index (χ4n) is 2.20. The number of rotatable bonds is 6. The van der Waals surface area contributed by atoms with Crippen LogP contribution >= 0.6 is 0 Å².